The van der Waals surface area contributed by atoms with Crippen LogP contribution in [0.1, 0.15) is 46.2 Å². The highest BCUT2D eigenvalue weighted by atomic mass is 15.2. The molecule has 1 aliphatic carbocycles. The topological polar surface area (TPSA) is 35.6 Å². The van der Waals surface area contributed by atoms with Gasteiger partial charge in [-0.05, 0) is 34.6 Å². The Morgan fingerprint density at radius 1 is 0.727 bits per heavy atom. The van der Waals surface area contributed by atoms with E-state index in [4.69, 9.17) is 4.98 Å². The summed E-state index contributed by atoms with van der Waals surface area (Å²) in [5, 5.41) is 4.36. The van der Waals surface area contributed by atoms with Gasteiger partial charge in [-0.25, -0.2) is 4.98 Å². The first-order valence-electron chi connectivity index (χ1n) is 11.5. The first-order chi connectivity index (χ1) is 16.3. The fourth-order valence-electron chi connectivity index (χ4n) is 5.22. The quantitative estimate of drug-likeness (QED) is 0.323. The van der Waals surface area contributed by atoms with Crippen LogP contribution in [0.2, 0.25) is 0 Å². The van der Waals surface area contributed by atoms with Crippen molar-refractivity contribution in [2.45, 2.75) is 23.8 Å². The van der Waals surface area contributed by atoms with Crippen molar-refractivity contribution in [3.8, 4) is 0 Å². The van der Waals surface area contributed by atoms with Gasteiger partial charge in [0.25, 0.3) is 0 Å². The molecule has 2 heterocycles. The van der Waals surface area contributed by atoms with Crippen molar-refractivity contribution < 1.29 is 0 Å². The molecule has 1 fully saturated rings. The molecule has 33 heavy (non-hydrogen) atoms. The molecular weight excluding hydrogens is 404 g/mol. The first-order valence-corrected chi connectivity index (χ1v) is 11.5. The second-order valence-electron chi connectivity index (χ2n) is 8.91. The van der Waals surface area contributed by atoms with Gasteiger partial charge in [0.15, 0.2) is 0 Å². The van der Waals surface area contributed by atoms with E-state index in [1.165, 1.54) is 22.3 Å². The number of aryl methyl sites for hydroxylation is 1. The van der Waals surface area contributed by atoms with Crippen LogP contribution in [0.25, 0.3) is 0 Å². The van der Waals surface area contributed by atoms with Crippen LogP contribution in [0.5, 0.6) is 0 Å². The third-order valence-electron chi connectivity index (χ3n) is 6.89. The maximum Gasteiger partial charge on any atom is 0.121 e. The van der Waals surface area contributed by atoms with E-state index in [-0.39, 0.29) is 0 Å². The summed E-state index contributed by atoms with van der Waals surface area (Å²) >= 11 is 0. The maximum atomic E-state index is 4.94. The van der Waals surface area contributed by atoms with Crippen molar-refractivity contribution in [3.63, 3.8) is 0 Å². The molecule has 0 amide bonds. The fourth-order valence-corrected chi connectivity index (χ4v) is 5.22. The maximum absolute atomic E-state index is 4.94. The summed E-state index contributed by atoms with van der Waals surface area (Å²) in [4.78, 5) is 4.94. The van der Waals surface area contributed by atoms with Crippen LogP contribution in [0.4, 0.5) is 0 Å². The second kappa shape index (κ2) is 7.89. The normalized spacial score (nSPS) is 17.7. The van der Waals surface area contributed by atoms with Crippen LogP contribution in [0, 0.1) is 0 Å². The Kier molecular flexibility index (Phi) is 4.72. The highest BCUT2D eigenvalue weighted by Crippen LogP contribution is 2.54. The third-order valence-corrected chi connectivity index (χ3v) is 6.89. The summed E-state index contributed by atoms with van der Waals surface area (Å²) in [6, 6.07) is 32.2. The fraction of sp³-hybridized carbons (Fsp3) is 0.172. The van der Waals surface area contributed by atoms with Gasteiger partial charge in [-0.3, -0.25) is 4.68 Å². The van der Waals surface area contributed by atoms with Crippen molar-refractivity contribution in [1.82, 2.24) is 19.3 Å². The molecule has 0 bridgehead atoms. The van der Waals surface area contributed by atoms with Crippen LogP contribution >= 0.6 is 0 Å². The van der Waals surface area contributed by atoms with Gasteiger partial charge in [-0.15, -0.1) is 0 Å². The minimum absolute atomic E-state index is 0.440. The van der Waals surface area contributed by atoms with Crippen LogP contribution in [0.3, 0.4) is 0 Å². The smallest absolute Gasteiger partial charge is 0.121 e. The third kappa shape index (κ3) is 3.30. The van der Waals surface area contributed by atoms with Crippen LogP contribution in [-0.4, -0.2) is 19.3 Å². The number of benzene rings is 3. The van der Waals surface area contributed by atoms with Crippen LogP contribution in [-0.2, 0) is 12.6 Å². The Morgan fingerprint density at radius 3 is 1.76 bits per heavy atom. The predicted molar refractivity (Wildman–Crippen MR) is 130 cm³/mol. The van der Waals surface area contributed by atoms with E-state index in [0.29, 0.717) is 11.8 Å². The molecule has 162 valence electrons. The number of nitrogens with zero attached hydrogens (tertiary/aromatic N) is 4. The SMILES string of the molecule is Cn1cc(C2CC2c2cn(C(c3ccccc3)(c3ccccc3)c3ccccc3)cn2)cn1. The Balaban J connectivity index is 1.51. The van der Waals surface area contributed by atoms with E-state index in [2.05, 4.69) is 113 Å². The van der Waals surface area contributed by atoms with Gasteiger partial charge in [-0.2, -0.15) is 5.10 Å². The lowest BCUT2D eigenvalue weighted by Gasteiger charge is -2.37. The highest BCUT2D eigenvalue weighted by molar-refractivity contribution is 5.51. The molecule has 5 aromatic rings. The summed E-state index contributed by atoms with van der Waals surface area (Å²) in [7, 11) is 1.98. The summed E-state index contributed by atoms with van der Waals surface area (Å²) in [5.41, 5.74) is 5.59. The second-order valence-corrected chi connectivity index (χ2v) is 8.91. The van der Waals surface area contributed by atoms with E-state index in [9.17, 15) is 0 Å². The molecule has 1 saturated carbocycles. The zero-order valence-corrected chi connectivity index (χ0v) is 18.6. The average Bonchev–Trinajstić information content (AvgIpc) is 3.29. The van der Waals surface area contributed by atoms with E-state index in [1.54, 1.807) is 0 Å². The molecule has 0 radical (unpaired) electrons. The molecule has 2 atom stereocenters. The van der Waals surface area contributed by atoms with Gasteiger partial charge in [-0.1, -0.05) is 91.0 Å². The molecule has 4 heteroatoms. The first kappa shape index (κ1) is 19.7. The van der Waals surface area contributed by atoms with Crippen molar-refractivity contribution >= 4 is 0 Å². The summed E-state index contributed by atoms with van der Waals surface area (Å²) in [6.45, 7) is 0. The van der Waals surface area contributed by atoms with Crippen molar-refractivity contribution in [2.24, 2.45) is 7.05 Å². The molecule has 0 N–H and O–H groups in total. The van der Waals surface area contributed by atoms with Gasteiger partial charge in [0.2, 0.25) is 0 Å². The lowest BCUT2D eigenvalue weighted by atomic mass is 9.77. The van der Waals surface area contributed by atoms with E-state index < -0.39 is 5.54 Å². The average molecular weight is 431 g/mol. The Bertz CT molecular complexity index is 1260. The lowest BCUT2D eigenvalue weighted by Crippen LogP contribution is -2.36. The molecule has 2 aromatic heterocycles. The summed E-state index contributed by atoms with van der Waals surface area (Å²) in [6.07, 6.45) is 9.51. The molecule has 0 aliphatic heterocycles. The molecule has 4 nitrogen and oxygen atoms in total. The summed E-state index contributed by atoms with van der Waals surface area (Å²) < 4.78 is 4.19. The predicted octanol–water partition coefficient (Wildman–Crippen LogP) is 5.73. The lowest BCUT2D eigenvalue weighted by molar-refractivity contribution is 0.514. The number of rotatable bonds is 6. The van der Waals surface area contributed by atoms with E-state index in [1.807, 2.05) is 24.3 Å². The van der Waals surface area contributed by atoms with Crippen LogP contribution < -0.4 is 0 Å². The Hall–Kier alpha value is -3.92. The van der Waals surface area contributed by atoms with Gasteiger partial charge in [0.1, 0.15) is 5.54 Å². The van der Waals surface area contributed by atoms with Crippen molar-refractivity contribution in [3.05, 3.63) is 144 Å². The number of aromatic nitrogens is 4. The molecule has 3 aromatic carbocycles. The molecule has 6 rings (SSSR count). The molecule has 0 saturated heterocycles. The highest BCUT2D eigenvalue weighted by Gasteiger charge is 2.44. The largest absolute Gasteiger partial charge is 0.319 e. The van der Waals surface area contributed by atoms with Crippen molar-refractivity contribution in [1.29, 1.82) is 0 Å². The standard InChI is InChI=1S/C29H26N4/c1-32-19-22(18-31-32)26-17-27(26)28-20-33(21-30-28)29(23-11-5-2-6-12-23,24-13-7-3-8-14-24)25-15-9-4-10-16-25/h2-16,18-21,26-27H,17H2,1H3. The zero-order valence-electron chi connectivity index (χ0n) is 18.6. The number of hydrogen-bond acceptors (Lipinski definition) is 2. The van der Waals surface area contributed by atoms with E-state index >= 15 is 0 Å². The molecule has 2 unspecified atom stereocenters. The number of imidazole rings is 1. The summed E-state index contributed by atoms with van der Waals surface area (Å²) in [5.74, 6) is 0.942. The molecular formula is C29H26N4. The van der Waals surface area contributed by atoms with Gasteiger partial charge < -0.3 is 4.57 Å². The van der Waals surface area contributed by atoms with Gasteiger partial charge in [0.05, 0.1) is 18.2 Å². The van der Waals surface area contributed by atoms with Crippen molar-refractivity contribution in [2.75, 3.05) is 0 Å². The molecule has 1 aliphatic rings. The molecule has 0 spiro atoms. The minimum atomic E-state index is -0.506. The minimum Gasteiger partial charge on any atom is -0.319 e. The Labute approximate surface area is 194 Å². The van der Waals surface area contributed by atoms with E-state index in [0.717, 1.165) is 12.1 Å². The zero-order chi connectivity index (χ0) is 22.3. The van der Waals surface area contributed by atoms with Gasteiger partial charge in [0, 0.05) is 25.4 Å². The number of hydrogen-bond donors (Lipinski definition) is 0. The Morgan fingerprint density at radius 2 is 1.27 bits per heavy atom. The van der Waals surface area contributed by atoms with Crippen LogP contribution in [0.15, 0.2) is 116 Å². The van der Waals surface area contributed by atoms with Gasteiger partial charge >= 0.3 is 0 Å². The monoisotopic (exact) mass is 430 g/mol.